The van der Waals surface area contributed by atoms with E-state index >= 15 is 0 Å². The first kappa shape index (κ1) is 13.8. The van der Waals surface area contributed by atoms with Crippen LogP contribution in [-0.4, -0.2) is 11.9 Å². The zero-order chi connectivity index (χ0) is 15.3. The fraction of sp³-hybridized carbons (Fsp3) is 0.556. The molecule has 1 N–H and O–H groups in total. The van der Waals surface area contributed by atoms with Gasteiger partial charge in [-0.05, 0) is 74.0 Å². The average molecular weight is 298 g/mol. The molecule has 4 fully saturated rings. The molecule has 4 heteroatoms. The summed E-state index contributed by atoms with van der Waals surface area (Å²) in [5, 5.41) is 13.9. The van der Waals surface area contributed by atoms with Gasteiger partial charge in [-0.1, -0.05) is 12.1 Å². The Balaban J connectivity index is 1.55. The monoisotopic (exact) mass is 298 g/mol. The number of rotatable bonds is 3. The van der Waals surface area contributed by atoms with Gasteiger partial charge in [-0.2, -0.15) is 0 Å². The van der Waals surface area contributed by atoms with Crippen molar-refractivity contribution in [2.75, 3.05) is 5.32 Å². The van der Waals surface area contributed by atoms with E-state index in [4.69, 9.17) is 0 Å². The second kappa shape index (κ2) is 4.83. The fourth-order valence-corrected chi connectivity index (χ4v) is 5.38. The van der Waals surface area contributed by atoms with E-state index in [9.17, 15) is 14.7 Å². The van der Waals surface area contributed by atoms with Crippen molar-refractivity contribution in [3.05, 3.63) is 29.8 Å². The third-order valence-electron chi connectivity index (χ3n) is 5.88. The van der Waals surface area contributed by atoms with Crippen LogP contribution in [0.5, 0.6) is 0 Å². The van der Waals surface area contributed by atoms with Crippen LogP contribution in [0.2, 0.25) is 0 Å². The molecule has 4 saturated carbocycles. The SMILES string of the molecule is O=C([O-])c1cccc(NC(=O)C23CC4CC(CC(C4)C2)C3)c1. The number of hydrogen-bond donors (Lipinski definition) is 1. The molecule has 1 amide bonds. The lowest BCUT2D eigenvalue weighted by Gasteiger charge is -2.55. The van der Waals surface area contributed by atoms with Gasteiger partial charge in [-0.25, -0.2) is 0 Å². The van der Waals surface area contributed by atoms with Gasteiger partial charge in [0.15, 0.2) is 0 Å². The molecule has 0 heterocycles. The van der Waals surface area contributed by atoms with Crippen molar-refractivity contribution in [3.8, 4) is 0 Å². The van der Waals surface area contributed by atoms with Crippen LogP contribution in [0.1, 0.15) is 48.9 Å². The molecule has 22 heavy (non-hydrogen) atoms. The minimum absolute atomic E-state index is 0.0853. The van der Waals surface area contributed by atoms with Gasteiger partial charge in [-0.3, -0.25) is 4.79 Å². The van der Waals surface area contributed by atoms with Gasteiger partial charge in [0.2, 0.25) is 5.91 Å². The minimum atomic E-state index is -1.22. The Hall–Kier alpha value is -1.84. The van der Waals surface area contributed by atoms with Gasteiger partial charge in [0.05, 0.1) is 11.4 Å². The molecule has 0 unspecified atom stereocenters. The first-order chi connectivity index (χ1) is 10.5. The summed E-state index contributed by atoms with van der Waals surface area (Å²) in [4.78, 5) is 23.8. The van der Waals surface area contributed by atoms with Crippen LogP contribution >= 0.6 is 0 Å². The highest BCUT2D eigenvalue weighted by molar-refractivity contribution is 5.97. The number of amides is 1. The van der Waals surface area contributed by atoms with Crippen LogP contribution in [0.4, 0.5) is 5.69 Å². The molecule has 0 spiro atoms. The van der Waals surface area contributed by atoms with Crippen LogP contribution in [0.3, 0.4) is 0 Å². The molecule has 0 aromatic heterocycles. The second-order valence-corrected chi connectivity index (χ2v) is 7.52. The van der Waals surface area contributed by atoms with Crippen molar-refractivity contribution in [1.82, 2.24) is 0 Å². The molecule has 4 nitrogen and oxygen atoms in total. The lowest BCUT2D eigenvalue weighted by Crippen LogP contribution is -2.51. The Kier molecular flexibility index (Phi) is 3.03. The number of carboxylic acids is 1. The summed E-state index contributed by atoms with van der Waals surface area (Å²) in [7, 11) is 0. The summed E-state index contributed by atoms with van der Waals surface area (Å²) in [6.07, 6.45) is 6.91. The standard InChI is InChI=1S/C18H21NO3/c20-16(21)14-2-1-3-15(7-14)19-17(22)18-8-11-4-12(9-18)6-13(5-11)10-18/h1-3,7,11-13H,4-6,8-10H2,(H,19,22)(H,20,21)/p-1. The molecule has 4 aliphatic carbocycles. The van der Waals surface area contributed by atoms with Gasteiger partial charge in [-0.15, -0.1) is 0 Å². The second-order valence-electron chi connectivity index (χ2n) is 7.52. The molecule has 0 atom stereocenters. The minimum Gasteiger partial charge on any atom is -0.545 e. The highest BCUT2D eigenvalue weighted by atomic mass is 16.4. The van der Waals surface area contributed by atoms with E-state index < -0.39 is 5.97 Å². The molecule has 5 rings (SSSR count). The maximum atomic E-state index is 12.9. The van der Waals surface area contributed by atoms with Crippen molar-refractivity contribution >= 4 is 17.6 Å². The largest absolute Gasteiger partial charge is 0.545 e. The number of benzene rings is 1. The van der Waals surface area contributed by atoms with Crippen molar-refractivity contribution in [3.63, 3.8) is 0 Å². The number of anilines is 1. The van der Waals surface area contributed by atoms with Gasteiger partial charge in [0.25, 0.3) is 0 Å². The Morgan fingerprint density at radius 3 is 2.18 bits per heavy atom. The maximum Gasteiger partial charge on any atom is 0.230 e. The van der Waals surface area contributed by atoms with Crippen LogP contribution in [0, 0.1) is 23.2 Å². The molecular formula is C18H20NO3-. The summed E-state index contributed by atoms with van der Waals surface area (Å²) in [5.41, 5.74) is 0.442. The predicted molar refractivity (Wildman–Crippen MR) is 80.0 cm³/mol. The maximum absolute atomic E-state index is 12.9. The Morgan fingerprint density at radius 1 is 1.05 bits per heavy atom. The van der Waals surface area contributed by atoms with Gasteiger partial charge >= 0.3 is 0 Å². The van der Waals surface area contributed by atoms with Gasteiger partial charge in [0, 0.05) is 5.69 Å². The number of hydrogen-bond acceptors (Lipinski definition) is 3. The van der Waals surface area contributed by atoms with Gasteiger partial charge in [0.1, 0.15) is 0 Å². The zero-order valence-corrected chi connectivity index (χ0v) is 12.5. The van der Waals surface area contributed by atoms with Crippen LogP contribution in [0.25, 0.3) is 0 Å². The van der Waals surface area contributed by atoms with E-state index in [1.165, 1.54) is 31.4 Å². The van der Waals surface area contributed by atoms with Crippen molar-refractivity contribution in [2.45, 2.75) is 38.5 Å². The first-order valence-corrected chi connectivity index (χ1v) is 8.17. The topological polar surface area (TPSA) is 69.2 Å². The number of carbonyl (C=O) groups is 2. The van der Waals surface area contributed by atoms with Crippen LogP contribution in [0.15, 0.2) is 24.3 Å². The molecule has 0 radical (unpaired) electrons. The summed E-state index contributed by atoms with van der Waals surface area (Å²) < 4.78 is 0. The number of carboxylic acid groups (broad SMARTS) is 1. The van der Waals surface area contributed by atoms with E-state index in [2.05, 4.69) is 5.32 Å². The smallest absolute Gasteiger partial charge is 0.230 e. The van der Waals surface area contributed by atoms with E-state index in [1.54, 1.807) is 12.1 Å². The summed E-state index contributed by atoms with van der Waals surface area (Å²) in [6, 6.07) is 6.34. The fourth-order valence-electron chi connectivity index (χ4n) is 5.38. The lowest BCUT2D eigenvalue weighted by atomic mass is 9.49. The Labute approximate surface area is 129 Å². The molecular weight excluding hydrogens is 278 g/mol. The first-order valence-electron chi connectivity index (χ1n) is 8.17. The van der Waals surface area contributed by atoms with E-state index in [1.807, 2.05) is 0 Å². The van der Waals surface area contributed by atoms with Crippen molar-refractivity contribution in [1.29, 1.82) is 0 Å². The summed E-state index contributed by atoms with van der Waals surface area (Å²) in [5.74, 6) is 1.01. The van der Waals surface area contributed by atoms with Crippen molar-refractivity contribution in [2.24, 2.45) is 23.2 Å². The molecule has 4 aliphatic rings. The molecule has 0 saturated heterocycles. The van der Waals surface area contributed by atoms with Crippen LogP contribution in [-0.2, 0) is 4.79 Å². The van der Waals surface area contributed by atoms with Gasteiger partial charge < -0.3 is 15.2 Å². The lowest BCUT2D eigenvalue weighted by molar-refractivity contribution is -0.255. The Bertz CT molecular complexity index is 602. The Morgan fingerprint density at radius 2 is 1.64 bits per heavy atom. The number of nitrogens with one attached hydrogen (secondary N) is 1. The van der Waals surface area contributed by atoms with E-state index in [0.29, 0.717) is 23.4 Å². The van der Waals surface area contributed by atoms with Crippen LogP contribution < -0.4 is 10.4 Å². The predicted octanol–water partition coefficient (Wildman–Crippen LogP) is 2.21. The highest BCUT2D eigenvalue weighted by Crippen LogP contribution is 2.60. The zero-order valence-electron chi connectivity index (χ0n) is 12.5. The molecule has 4 bridgehead atoms. The quantitative estimate of drug-likeness (QED) is 0.930. The third-order valence-corrected chi connectivity index (χ3v) is 5.88. The average Bonchev–Trinajstić information content (AvgIpc) is 2.46. The number of aromatic carboxylic acids is 1. The number of carbonyl (C=O) groups excluding carboxylic acids is 2. The highest BCUT2D eigenvalue weighted by Gasteiger charge is 2.54. The molecule has 1 aromatic rings. The van der Waals surface area contributed by atoms with E-state index in [-0.39, 0.29) is 16.9 Å². The molecule has 116 valence electrons. The normalized spacial score (nSPS) is 35.4. The third kappa shape index (κ3) is 2.21. The molecule has 0 aliphatic heterocycles. The summed E-state index contributed by atoms with van der Waals surface area (Å²) in [6.45, 7) is 0. The summed E-state index contributed by atoms with van der Waals surface area (Å²) >= 11 is 0. The van der Waals surface area contributed by atoms with E-state index in [0.717, 1.165) is 19.3 Å². The van der Waals surface area contributed by atoms with Crippen molar-refractivity contribution < 1.29 is 14.7 Å². The molecule has 1 aromatic carbocycles.